The number of hydrogen-bond donors (Lipinski definition) is 2. The molecule has 7 nitrogen and oxygen atoms in total. The Morgan fingerprint density at radius 3 is 2.39 bits per heavy atom. The van der Waals surface area contributed by atoms with Crippen LogP contribution in [0.5, 0.6) is 0 Å². The van der Waals surface area contributed by atoms with Gasteiger partial charge in [-0.2, -0.15) is 0 Å². The number of aromatic nitrogens is 2. The van der Waals surface area contributed by atoms with Gasteiger partial charge in [-0.25, -0.2) is 4.98 Å². The second-order valence-electron chi connectivity index (χ2n) is 12.6. The maximum absolute atomic E-state index is 13.5. The topological polar surface area (TPSA) is 95.7 Å². The van der Waals surface area contributed by atoms with Crippen molar-refractivity contribution in [3.05, 3.63) is 34.6 Å². The number of rotatable bonds is 3. The van der Waals surface area contributed by atoms with E-state index in [9.17, 15) is 19.1 Å². The Morgan fingerprint density at radius 2 is 1.64 bits per heavy atom. The van der Waals surface area contributed by atoms with Crippen molar-refractivity contribution >= 4 is 24.1 Å². The van der Waals surface area contributed by atoms with Crippen LogP contribution in [0.3, 0.4) is 0 Å². The van der Waals surface area contributed by atoms with E-state index in [1.54, 1.807) is 16.7 Å². The van der Waals surface area contributed by atoms with E-state index in [1.807, 2.05) is 12.1 Å². The largest absolute Gasteiger partial charge is 0.380 e. The van der Waals surface area contributed by atoms with Crippen LogP contribution in [0, 0.1) is 29.6 Å². The summed E-state index contributed by atoms with van der Waals surface area (Å²) < 4.78 is 13.9. The second kappa shape index (κ2) is 9.04. The van der Waals surface area contributed by atoms with Crippen LogP contribution in [0.2, 0.25) is 0 Å². The summed E-state index contributed by atoms with van der Waals surface area (Å²) in [5.74, 6) is 3.85. The van der Waals surface area contributed by atoms with E-state index >= 15 is 0 Å². The minimum atomic E-state index is -4.79. The molecule has 0 spiro atoms. The molecule has 196 valence electrons. The average Bonchev–Trinajstić information content (AvgIpc) is 2.79. The molecule has 4 bridgehead atoms. The number of nitrogens with zero attached hydrogens (tertiary/aromatic N) is 3. The molecule has 36 heavy (non-hydrogen) atoms. The smallest absolute Gasteiger partial charge is 0.320 e. The highest BCUT2D eigenvalue weighted by atomic mass is 31.2. The molecule has 3 heterocycles. The van der Waals surface area contributed by atoms with Crippen molar-refractivity contribution in [2.24, 2.45) is 29.6 Å². The number of para-hydroxylation sites is 2. The first kappa shape index (κ1) is 24.8. The van der Waals surface area contributed by atoms with Crippen molar-refractivity contribution in [2.75, 3.05) is 0 Å². The molecule has 2 aliphatic heterocycles. The first-order valence-electron chi connectivity index (χ1n) is 14.0. The minimum Gasteiger partial charge on any atom is -0.320 e. The summed E-state index contributed by atoms with van der Waals surface area (Å²) >= 11 is 0. The van der Waals surface area contributed by atoms with Crippen molar-refractivity contribution in [1.29, 1.82) is 0 Å². The third-order valence-electron chi connectivity index (χ3n) is 10.5. The lowest BCUT2D eigenvalue weighted by molar-refractivity contribution is -0.0755. The van der Waals surface area contributed by atoms with Gasteiger partial charge < -0.3 is 14.4 Å². The normalized spacial score (nSPS) is 39.3. The molecule has 7 rings (SSSR count). The predicted octanol–water partition coefficient (Wildman–Crippen LogP) is 4.46. The highest BCUT2D eigenvalue weighted by Crippen LogP contribution is 2.51. The highest BCUT2D eigenvalue weighted by molar-refractivity contribution is 7.59. The molecule has 7 atom stereocenters. The van der Waals surface area contributed by atoms with Gasteiger partial charge >= 0.3 is 7.60 Å². The molecule has 3 aliphatic carbocycles. The summed E-state index contributed by atoms with van der Waals surface area (Å²) in [6.45, 7) is 7.27. The van der Waals surface area contributed by atoms with E-state index in [0.29, 0.717) is 35.1 Å². The molecule has 0 radical (unpaired) electrons. The molecule has 1 aromatic heterocycles. The van der Waals surface area contributed by atoms with Crippen molar-refractivity contribution in [1.82, 2.24) is 14.5 Å². The van der Waals surface area contributed by atoms with Crippen molar-refractivity contribution in [3.63, 3.8) is 0 Å². The van der Waals surface area contributed by atoms with Gasteiger partial charge in [0.05, 0.1) is 11.0 Å². The van der Waals surface area contributed by atoms with Crippen LogP contribution in [0.4, 0.5) is 0 Å². The van der Waals surface area contributed by atoms with Crippen molar-refractivity contribution in [2.45, 2.75) is 96.3 Å². The van der Waals surface area contributed by atoms with Crippen LogP contribution >= 0.6 is 7.60 Å². The number of fused-ring (bicyclic) bond motifs is 8. The first-order chi connectivity index (χ1) is 17.1. The summed E-state index contributed by atoms with van der Waals surface area (Å²) in [6.07, 6.45) is 9.40. The van der Waals surface area contributed by atoms with Gasteiger partial charge in [0.25, 0.3) is 5.56 Å². The highest BCUT2D eigenvalue weighted by Gasteiger charge is 2.49. The van der Waals surface area contributed by atoms with E-state index in [-0.39, 0.29) is 6.04 Å². The molecule has 2 aromatic rings. The predicted molar refractivity (Wildman–Crippen MR) is 141 cm³/mol. The summed E-state index contributed by atoms with van der Waals surface area (Å²) in [5.41, 5.74) is -0.0967. The molecule has 5 fully saturated rings. The second-order valence-corrected chi connectivity index (χ2v) is 14.1. The molecule has 3 saturated carbocycles. The molecule has 8 heteroatoms. The van der Waals surface area contributed by atoms with E-state index in [1.165, 1.54) is 32.1 Å². The standard InChI is InChI=1S/C28H40N3O4P/c1-16-8-9-21-14-23(31-25-7-5-4-6-24(25)29-27(28(31)32)36(33,34)35)15-26(16)30(21)22-10-17(2)18(3)20-11-19(12-20)13-22/h4-7,16-23,26H,8-15H2,1-3H3,(H2,33,34,35)/t16?,17?,18?,19?,20?,21-,22+,23+,26?/m1/s1. The molecule has 0 amide bonds. The minimum absolute atomic E-state index is 0.0808. The Bertz CT molecular complexity index is 1250. The first-order valence-corrected chi connectivity index (χ1v) is 15.6. The van der Waals surface area contributed by atoms with Crippen LogP contribution in [-0.2, 0) is 4.57 Å². The Kier molecular flexibility index (Phi) is 6.23. The van der Waals surface area contributed by atoms with Crippen LogP contribution in [-0.4, -0.2) is 42.4 Å². The lowest BCUT2D eigenvalue weighted by Crippen LogP contribution is -2.61. The van der Waals surface area contributed by atoms with E-state index in [4.69, 9.17) is 0 Å². The fourth-order valence-corrected chi connectivity index (χ4v) is 8.95. The zero-order valence-corrected chi connectivity index (χ0v) is 22.6. The fourth-order valence-electron chi connectivity index (χ4n) is 8.36. The summed E-state index contributed by atoms with van der Waals surface area (Å²) in [4.78, 5) is 40.3. The van der Waals surface area contributed by atoms with Crippen LogP contribution in [0.25, 0.3) is 11.0 Å². The van der Waals surface area contributed by atoms with Gasteiger partial charge in [0.1, 0.15) is 0 Å². The molecule has 5 aliphatic rings. The third-order valence-corrected chi connectivity index (χ3v) is 11.3. The van der Waals surface area contributed by atoms with Crippen molar-refractivity contribution < 1.29 is 14.4 Å². The van der Waals surface area contributed by atoms with Gasteiger partial charge in [0.2, 0.25) is 5.44 Å². The Labute approximate surface area is 213 Å². The Morgan fingerprint density at radius 1 is 0.889 bits per heavy atom. The molecular weight excluding hydrogens is 473 g/mol. The molecule has 4 unspecified atom stereocenters. The number of hydrogen-bond acceptors (Lipinski definition) is 4. The Hall–Kier alpha value is -1.53. The average molecular weight is 514 g/mol. The lowest BCUT2D eigenvalue weighted by atomic mass is 9.60. The van der Waals surface area contributed by atoms with Gasteiger partial charge in [-0.1, -0.05) is 32.9 Å². The summed E-state index contributed by atoms with van der Waals surface area (Å²) in [6, 6.07) is 8.60. The van der Waals surface area contributed by atoms with E-state index in [2.05, 4.69) is 30.7 Å². The van der Waals surface area contributed by atoms with Gasteiger partial charge in [-0.15, -0.1) is 0 Å². The van der Waals surface area contributed by atoms with E-state index < -0.39 is 18.6 Å². The number of piperidine rings is 2. The van der Waals surface area contributed by atoms with Crippen LogP contribution in [0.15, 0.2) is 29.1 Å². The van der Waals surface area contributed by atoms with Gasteiger partial charge in [-0.05, 0) is 93.1 Å². The number of benzene rings is 1. The summed E-state index contributed by atoms with van der Waals surface area (Å²) in [7, 11) is -4.79. The molecule has 2 N–H and O–H groups in total. The summed E-state index contributed by atoms with van der Waals surface area (Å²) in [5, 5.41) is 0. The van der Waals surface area contributed by atoms with Gasteiger partial charge in [0, 0.05) is 24.2 Å². The van der Waals surface area contributed by atoms with Crippen LogP contribution in [0.1, 0.15) is 78.2 Å². The van der Waals surface area contributed by atoms with Crippen molar-refractivity contribution in [3.8, 4) is 0 Å². The van der Waals surface area contributed by atoms with E-state index in [0.717, 1.165) is 42.9 Å². The molecule has 1 aromatic carbocycles. The van der Waals surface area contributed by atoms with Gasteiger partial charge in [0.15, 0.2) is 0 Å². The molecule has 2 saturated heterocycles. The maximum Gasteiger partial charge on any atom is 0.380 e. The Balaban J connectivity index is 1.38. The lowest BCUT2D eigenvalue weighted by Gasteiger charge is -2.57. The molecular formula is C28H40N3O4P. The fraction of sp³-hybridized carbons (Fsp3) is 0.714. The zero-order valence-electron chi connectivity index (χ0n) is 21.7. The quantitative estimate of drug-likeness (QED) is 0.589. The third kappa shape index (κ3) is 4.11. The SMILES string of the molecule is CC1C[C@H](N2C3C[C@@H](n4c(=O)c(P(=O)(O)O)nc5ccccc54)C[C@H]2CCC3C)CC2CC(C2)C1C. The van der Waals surface area contributed by atoms with Gasteiger partial charge in [-0.3, -0.25) is 14.3 Å². The van der Waals surface area contributed by atoms with Crippen LogP contribution < -0.4 is 11.0 Å². The zero-order chi connectivity index (χ0) is 25.4. The maximum atomic E-state index is 13.5. The monoisotopic (exact) mass is 513 g/mol.